The third-order valence-electron chi connectivity index (χ3n) is 3.05. The van der Waals surface area contributed by atoms with Crippen LogP contribution in [0.4, 0.5) is 10.1 Å². The van der Waals surface area contributed by atoms with Gasteiger partial charge in [0.25, 0.3) is 0 Å². The third-order valence-corrected chi connectivity index (χ3v) is 3.93. The second-order valence-electron chi connectivity index (χ2n) is 4.51. The summed E-state index contributed by atoms with van der Waals surface area (Å²) in [5, 5.41) is 13.9. The highest BCUT2D eigenvalue weighted by atomic mass is 32.1. The fourth-order valence-electron chi connectivity index (χ4n) is 2.05. The van der Waals surface area contributed by atoms with Crippen LogP contribution in [0.25, 0.3) is 0 Å². The molecule has 1 unspecified atom stereocenters. The Bertz CT molecular complexity index is 470. The van der Waals surface area contributed by atoms with E-state index in [1.165, 1.54) is 12.6 Å². The molecule has 7 nitrogen and oxygen atoms in total. The second kappa shape index (κ2) is 5.96. The number of rotatable bonds is 4. The molecule has 1 amide bonds. The van der Waals surface area contributed by atoms with E-state index in [0.717, 1.165) is 37.3 Å². The Morgan fingerprint density at radius 1 is 1.53 bits per heavy atom. The lowest BCUT2D eigenvalue weighted by atomic mass is 10.1. The van der Waals surface area contributed by atoms with Crippen molar-refractivity contribution in [2.24, 2.45) is 0 Å². The van der Waals surface area contributed by atoms with Crippen molar-refractivity contribution in [1.82, 2.24) is 9.88 Å². The Balaban J connectivity index is 1.93. The van der Waals surface area contributed by atoms with Gasteiger partial charge in [0, 0.05) is 13.1 Å². The molecule has 1 aliphatic heterocycles. The van der Waals surface area contributed by atoms with E-state index in [9.17, 15) is 14.9 Å². The van der Waals surface area contributed by atoms with E-state index in [1.54, 1.807) is 6.92 Å². The molecule has 1 atom stereocenters. The zero-order valence-electron chi connectivity index (χ0n) is 10.7. The van der Waals surface area contributed by atoms with Gasteiger partial charge in [-0.25, -0.2) is 4.98 Å². The summed E-state index contributed by atoms with van der Waals surface area (Å²) < 4.78 is 0. The number of nitrogens with one attached hydrogen (secondary N) is 1. The summed E-state index contributed by atoms with van der Waals surface area (Å²) >= 11 is 0.941. The Labute approximate surface area is 114 Å². The molecule has 1 aromatic rings. The zero-order valence-corrected chi connectivity index (χ0v) is 11.5. The summed E-state index contributed by atoms with van der Waals surface area (Å²) in [4.78, 5) is 28.0. The number of anilines is 1. The van der Waals surface area contributed by atoms with Crippen LogP contribution in [0, 0.1) is 10.1 Å². The Morgan fingerprint density at radius 2 is 2.21 bits per heavy atom. The van der Waals surface area contributed by atoms with E-state index in [-0.39, 0.29) is 10.9 Å². The monoisotopic (exact) mass is 284 g/mol. The molecule has 8 heteroatoms. The molecule has 19 heavy (non-hydrogen) atoms. The van der Waals surface area contributed by atoms with Crippen molar-refractivity contribution in [3.05, 3.63) is 16.3 Å². The molecule has 1 aliphatic rings. The van der Waals surface area contributed by atoms with Crippen molar-refractivity contribution in [2.75, 3.05) is 18.4 Å². The quantitative estimate of drug-likeness (QED) is 0.673. The molecule has 2 heterocycles. The van der Waals surface area contributed by atoms with Gasteiger partial charge in [0.05, 0.1) is 4.92 Å². The predicted octanol–water partition coefficient (Wildman–Crippen LogP) is 1.86. The first-order valence-corrected chi connectivity index (χ1v) is 7.05. The van der Waals surface area contributed by atoms with Crippen LogP contribution in [-0.4, -0.2) is 39.8 Å². The van der Waals surface area contributed by atoms with Gasteiger partial charge in [-0.3, -0.25) is 14.9 Å². The topological polar surface area (TPSA) is 88.4 Å². The largest absolute Gasteiger partial charge is 0.350 e. The average Bonchev–Trinajstić information content (AvgIpc) is 2.87. The molecule has 0 aliphatic carbocycles. The number of hydrogen-bond donors (Lipinski definition) is 1. The van der Waals surface area contributed by atoms with Gasteiger partial charge in [-0.15, -0.1) is 0 Å². The lowest BCUT2D eigenvalue weighted by molar-refractivity contribution is -0.380. The minimum absolute atomic E-state index is 0.0255. The van der Waals surface area contributed by atoms with E-state index in [0.29, 0.717) is 5.13 Å². The molecule has 2 rings (SSSR count). The minimum Gasteiger partial charge on any atom is -0.350 e. The molecular weight excluding hydrogens is 268 g/mol. The molecule has 1 fully saturated rings. The van der Waals surface area contributed by atoms with Crippen LogP contribution in [0.1, 0.15) is 26.2 Å². The number of carbonyl (C=O) groups is 1. The smallest absolute Gasteiger partial charge is 0.345 e. The summed E-state index contributed by atoms with van der Waals surface area (Å²) in [6.45, 7) is 3.34. The number of likely N-dealkylation sites (tertiary alicyclic amines) is 1. The first-order chi connectivity index (χ1) is 9.08. The van der Waals surface area contributed by atoms with Crippen molar-refractivity contribution in [3.63, 3.8) is 0 Å². The van der Waals surface area contributed by atoms with Crippen LogP contribution < -0.4 is 5.32 Å². The van der Waals surface area contributed by atoms with E-state index in [1.807, 2.05) is 4.90 Å². The summed E-state index contributed by atoms with van der Waals surface area (Å²) in [5.74, 6) is 0.0255. The maximum Gasteiger partial charge on any atom is 0.345 e. The van der Waals surface area contributed by atoms with Crippen molar-refractivity contribution in [1.29, 1.82) is 0 Å². The number of thiazole rings is 1. The third kappa shape index (κ3) is 3.40. The van der Waals surface area contributed by atoms with Crippen molar-refractivity contribution < 1.29 is 9.72 Å². The number of carbonyl (C=O) groups excluding carboxylic acids is 1. The first-order valence-electron chi connectivity index (χ1n) is 6.23. The van der Waals surface area contributed by atoms with E-state index < -0.39 is 11.0 Å². The number of piperidine rings is 1. The molecule has 104 valence electrons. The SMILES string of the molecule is CC(Nc1ncc([N+](=O)[O-])s1)C(=O)N1CCCCC1. The summed E-state index contributed by atoms with van der Waals surface area (Å²) in [6.07, 6.45) is 4.46. The summed E-state index contributed by atoms with van der Waals surface area (Å²) in [6, 6.07) is -0.413. The average molecular weight is 284 g/mol. The van der Waals surface area contributed by atoms with Gasteiger partial charge < -0.3 is 10.2 Å². The van der Waals surface area contributed by atoms with Crippen molar-refractivity contribution in [2.45, 2.75) is 32.2 Å². The van der Waals surface area contributed by atoms with Crippen molar-refractivity contribution >= 4 is 27.4 Å². The number of hydrogen-bond acceptors (Lipinski definition) is 6. The highest BCUT2D eigenvalue weighted by Crippen LogP contribution is 2.25. The fraction of sp³-hybridized carbons (Fsp3) is 0.636. The standard InChI is InChI=1S/C11H16N4O3S/c1-8(10(16)14-5-3-2-4-6-14)13-11-12-7-9(19-11)15(17)18/h7-8H,2-6H2,1H3,(H,12,13). The summed E-state index contributed by atoms with van der Waals surface area (Å²) in [7, 11) is 0. The highest BCUT2D eigenvalue weighted by Gasteiger charge is 2.23. The van der Waals surface area contributed by atoms with Crippen LogP contribution in [0.5, 0.6) is 0 Å². The number of nitrogens with zero attached hydrogens (tertiary/aromatic N) is 3. The van der Waals surface area contributed by atoms with Gasteiger partial charge in [-0.2, -0.15) is 0 Å². The van der Waals surface area contributed by atoms with E-state index in [2.05, 4.69) is 10.3 Å². The maximum atomic E-state index is 12.1. The van der Waals surface area contributed by atoms with Crippen LogP contribution >= 0.6 is 11.3 Å². The normalized spacial score (nSPS) is 17.0. The molecule has 0 aromatic carbocycles. The Morgan fingerprint density at radius 3 is 2.79 bits per heavy atom. The van der Waals surface area contributed by atoms with E-state index >= 15 is 0 Å². The van der Waals surface area contributed by atoms with Gasteiger partial charge in [-0.05, 0) is 37.5 Å². The number of aromatic nitrogens is 1. The predicted molar refractivity (Wildman–Crippen MR) is 72.3 cm³/mol. The molecular formula is C11H16N4O3S. The lowest BCUT2D eigenvalue weighted by Gasteiger charge is -2.29. The molecule has 0 radical (unpaired) electrons. The van der Waals surface area contributed by atoms with Crippen LogP contribution in [0.3, 0.4) is 0 Å². The lowest BCUT2D eigenvalue weighted by Crippen LogP contribution is -2.43. The summed E-state index contributed by atoms with van der Waals surface area (Å²) in [5.41, 5.74) is 0. The number of amides is 1. The van der Waals surface area contributed by atoms with Crippen LogP contribution in [-0.2, 0) is 4.79 Å². The zero-order chi connectivity index (χ0) is 13.8. The van der Waals surface area contributed by atoms with Gasteiger partial charge in [0.15, 0.2) is 5.13 Å². The molecule has 1 N–H and O–H groups in total. The minimum atomic E-state index is -0.486. The molecule has 0 bridgehead atoms. The van der Waals surface area contributed by atoms with Crippen LogP contribution in [0.2, 0.25) is 0 Å². The van der Waals surface area contributed by atoms with Gasteiger partial charge >= 0.3 is 5.00 Å². The van der Waals surface area contributed by atoms with Gasteiger partial charge in [0.1, 0.15) is 12.2 Å². The fourth-order valence-corrected chi connectivity index (χ4v) is 2.77. The van der Waals surface area contributed by atoms with E-state index in [4.69, 9.17) is 0 Å². The molecule has 0 saturated carbocycles. The Kier molecular flexibility index (Phi) is 4.31. The van der Waals surface area contributed by atoms with Gasteiger partial charge in [0.2, 0.25) is 5.91 Å². The molecule has 1 aromatic heterocycles. The first kappa shape index (κ1) is 13.7. The number of nitro groups is 1. The molecule has 0 spiro atoms. The second-order valence-corrected chi connectivity index (χ2v) is 5.52. The molecule has 1 saturated heterocycles. The van der Waals surface area contributed by atoms with Gasteiger partial charge in [-0.1, -0.05) is 0 Å². The maximum absolute atomic E-state index is 12.1. The Hall–Kier alpha value is -1.70. The van der Waals surface area contributed by atoms with Crippen molar-refractivity contribution in [3.8, 4) is 0 Å². The van der Waals surface area contributed by atoms with Crippen LogP contribution in [0.15, 0.2) is 6.20 Å². The highest BCUT2D eigenvalue weighted by molar-refractivity contribution is 7.18.